The van der Waals surface area contributed by atoms with E-state index >= 15 is 0 Å². The van der Waals surface area contributed by atoms with Gasteiger partial charge in [-0.2, -0.15) is 0 Å². The van der Waals surface area contributed by atoms with Crippen LogP contribution in [0.4, 0.5) is 24.5 Å². The van der Waals surface area contributed by atoms with Crippen molar-refractivity contribution in [2.75, 3.05) is 5.32 Å². The first-order chi connectivity index (χ1) is 9.40. The van der Waals surface area contributed by atoms with Crippen molar-refractivity contribution in [2.45, 2.75) is 0 Å². The Kier molecular flexibility index (Phi) is 4.29. The quantitative estimate of drug-likeness (QED) is 0.634. The van der Waals surface area contributed by atoms with Crippen LogP contribution in [0.2, 0.25) is 0 Å². The fourth-order valence-corrected chi connectivity index (χ4v) is 2.19. The fourth-order valence-electron chi connectivity index (χ4n) is 1.64. The van der Waals surface area contributed by atoms with E-state index in [1.165, 1.54) is 24.3 Å². The lowest BCUT2D eigenvalue weighted by molar-refractivity contribution is 0.581. The van der Waals surface area contributed by atoms with Crippen molar-refractivity contribution >= 4 is 44.5 Å². The van der Waals surface area contributed by atoms with Crippen LogP contribution in [0, 0.1) is 17.5 Å². The number of benzene rings is 2. The highest BCUT2D eigenvalue weighted by Crippen LogP contribution is 2.28. The van der Waals surface area contributed by atoms with Gasteiger partial charge in [0.1, 0.15) is 22.4 Å². The largest absolute Gasteiger partial charge is 0.389 e. The first-order valence-corrected chi connectivity index (χ1v) is 6.60. The van der Waals surface area contributed by atoms with E-state index in [1.807, 2.05) is 0 Å². The predicted octanol–water partition coefficient (Wildman–Crippen LogP) is 4.24. The van der Waals surface area contributed by atoms with Gasteiger partial charge in [-0.25, -0.2) is 13.2 Å². The summed E-state index contributed by atoms with van der Waals surface area (Å²) in [4.78, 5) is -0.160. The highest BCUT2D eigenvalue weighted by Gasteiger charge is 2.14. The molecule has 0 atom stereocenters. The van der Waals surface area contributed by atoms with Gasteiger partial charge in [-0.15, -0.1) is 0 Å². The molecule has 0 heterocycles. The molecule has 0 radical (unpaired) electrons. The van der Waals surface area contributed by atoms with Gasteiger partial charge in [-0.3, -0.25) is 0 Å². The Balaban J connectivity index is 2.48. The van der Waals surface area contributed by atoms with Crippen LogP contribution >= 0.6 is 28.1 Å². The molecule has 0 spiro atoms. The monoisotopic (exact) mass is 360 g/mol. The van der Waals surface area contributed by atoms with Crippen molar-refractivity contribution in [3.8, 4) is 0 Å². The normalized spacial score (nSPS) is 10.4. The average molecular weight is 361 g/mol. The summed E-state index contributed by atoms with van der Waals surface area (Å²) in [5.74, 6) is -2.17. The zero-order valence-electron chi connectivity index (χ0n) is 9.88. The molecule has 0 aliphatic carbocycles. The third-order valence-corrected chi connectivity index (χ3v) is 3.35. The Labute approximate surface area is 126 Å². The summed E-state index contributed by atoms with van der Waals surface area (Å²) >= 11 is 7.72. The molecule has 0 fully saturated rings. The first-order valence-electron chi connectivity index (χ1n) is 5.40. The average Bonchev–Trinajstić information content (AvgIpc) is 2.35. The summed E-state index contributed by atoms with van der Waals surface area (Å²) < 4.78 is 40.6. The second kappa shape index (κ2) is 5.80. The van der Waals surface area contributed by atoms with Crippen molar-refractivity contribution in [3.05, 3.63) is 57.8 Å². The van der Waals surface area contributed by atoms with Crippen LogP contribution in [0.25, 0.3) is 0 Å². The third-order valence-electron chi connectivity index (χ3n) is 2.54. The fraction of sp³-hybridized carbons (Fsp3) is 0. The van der Waals surface area contributed by atoms with Gasteiger partial charge in [0, 0.05) is 6.07 Å². The minimum Gasteiger partial charge on any atom is -0.389 e. The van der Waals surface area contributed by atoms with Gasteiger partial charge in [0.2, 0.25) is 0 Å². The van der Waals surface area contributed by atoms with Crippen LogP contribution in [-0.4, -0.2) is 4.99 Å². The van der Waals surface area contributed by atoms with Gasteiger partial charge >= 0.3 is 0 Å². The number of anilines is 2. The molecule has 0 saturated heterocycles. The maximum atomic E-state index is 13.7. The van der Waals surface area contributed by atoms with Gasteiger partial charge in [-0.1, -0.05) is 18.3 Å². The lowest BCUT2D eigenvalue weighted by Gasteiger charge is -2.13. The molecule has 2 aromatic carbocycles. The number of thiocarbonyl (C=S) groups is 1. The van der Waals surface area contributed by atoms with Crippen molar-refractivity contribution in [2.24, 2.45) is 5.73 Å². The summed E-state index contributed by atoms with van der Waals surface area (Å²) in [6, 6.07) is 6.03. The van der Waals surface area contributed by atoms with Crippen LogP contribution in [0.1, 0.15) is 5.56 Å². The maximum absolute atomic E-state index is 13.7. The molecule has 0 aromatic heterocycles. The van der Waals surface area contributed by atoms with Gasteiger partial charge < -0.3 is 11.1 Å². The minimum atomic E-state index is -0.816. The standard InChI is InChI=1S/C13H8BrF3N2S/c14-6-4-11(9(17)5-8(6)16)19-10-3-1-2-7(15)12(10)13(18)20/h1-5,19H,(H2,18,20). The summed E-state index contributed by atoms with van der Waals surface area (Å²) in [6.45, 7) is 0. The van der Waals surface area contributed by atoms with E-state index < -0.39 is 17.5 Å². The van der Waals surface area contributed by atoms with E-state index in [9.17, 15) is 13.2 Å². The van der Waals surface area contributed by atoms with Gasteiger partial charge in [0.05, 0.1) is 21.4 Å². The highest BCUT2D eigenvalue weighted by atomic mass is 79.9. The van der Waals surface area contributed by atoms with Crippen molar-refractivity contribution < 1.29 is 13.2 Å². The molecule has 2 aromatic rings. The van der Waals surface area contributed by atoms with Gasteiger partial charge in [-0.05, 0) is 34.1 Å². The third kappa shape index (κ3) is 2.94. The molecule has 2 nitrogen and oxygen atoms in total. The molecule has 20 heavy (non-hydrogen) atoms. The van der Waals surface area contributed by atoms with E-state index in [4.69, 9.17) is 18.0 Å². The van der Waals surface area contributed by atoms with Crippen LogP contribution in [0.15, 0.2) is 34.8 Å². The molecule has 0 aliphatic rings. The van der Waals surface area contributed by atoms with Crippen LogP contribution in [-0.2, 0) is 0 Å². The van der Waals surface area contributed by atoms with Gasteiger partial charge in [0.15, 0.2) is 0 Å². The molecule has 0 saturated carbocycles. The number of hydrogen-bond acceptors (Lipinski definition) is 2. The number of nitrogens with one attached hydrogen (secondary N) is 1. The molecular weight excluding hydrogens is 353 g/mol. The second-order valence-corrected chi connectivity index (χ2v) is 5.19. The van der Waals surface area contributed by atoms with Crippen LogP contribution < -0.4 is 11.1 Å². The van der Waals surface area contributed by atoms with Gasteiger partial charge in [0.25, 0.3) is 0 Å². The van der Waals surface area contributed by atoms with Crippen LogP contribution in [0.3, 0.4) is 0 Å². The molecule has 2 rings (SSSR count). The number of rotatable bonds is 3. The Morgan fingerprint density at radius 3 is 2.40 bits per heavy atom. The number of halogens is 4. The maximum Gasteiger partial charge on any atom is 0.149 e. The topological polar surface area (TPSA) is 38.0 Å². The SMILES string of the molecule is NC(=S)c1c(F)cccc1Nc1cc(Br)c(F)cc1F. The molecule has 7 heteroatoms. The number of nitrogens with two attached hydrogens (primary N) is 1. The molecule has 0 aliphatic heterocycles. The van der Waals surface area contributed by atoms with E-state index in [2.05, 4.69) is 21.2 Å². The highest BCUT2D eigenvalue weighted by molar-refractivity contribution is 9.10. The smallest absolute Gasteiger partial charge is 0.149 e. The molecule has 0 bridgehead atoms. The van der Waals surface area contributed by atoms with Crippen molar-refractivity contribution in [1.29, 1.82) is 0 Å². The Morgan fingerprint density at radius 2 is 1.75 bits per heavy atom. The zero-order chi connectivity index (χ0) is 14.9. The Hall–Kier alpha value is -1.60. The van der Waals surface area contributed by atoms with Crippen LogP contribution in [0.5, 0.6) is 0 Å². The summed E-state index contributed by atoms with van der Waals surface area (Å²) in [6.07, 6.45) is 0. The predicted molar refractivity (Wildman–Crippen MR) is 79.6 cm³/mol. The van der Waals surface area contributed by atoms with E-state index in [-0.39, 0.29) is 26.4 Å². The molecule has 3 N–H and O–H groups in total. The van der Waals surface area contributed by atoms with Crippen molar-refractivity contribution in [1.82, 2.24) is 0 Å². The minimum absolute atomic E-state index is 0.0256. The summed E-state index contributed by atoms with van der Waals surface area (Å²) in [7, 11) is 0. The molecule has 0 amide bonds. The summed E-state index contributed by atoms with van der Waals surface area (Å²) in [5, 5.41) is 2.65. The first kappa shape index (κ1) is 14.8. The molecular formula is C13H8BrF3N2S. The molecule has 104 valence electrons. The van der Waals surface area contributed by atoms with E-state index in [0.717, 1.165) is 0 Å². The summed E-state index contributed by atoms with van der Waals surface area (Å²) in [5.41, 5.74) is 5.60. The number of hydrogen-bond donors (Lipinski definition) is 2. The van der Waals surface area contributed by atoms with E-state index in [0.29, 0.717) is 6.07 Å². The second-order valence-electron chi connectivity index (χ2n) is 3.90. The Morgan fingerprint density at radius 1 is 1.05 bits per heavy atom. The lowest BCUT2D eigenvalue weighted by Crippen LogP contribution is -2.14. The van der Waals surface area contributed by atoms with E-state index in [1.54, 1.807) is 0 Å². The lowest BCUT2D eigenvalue weighted by atomic mass is 10.1. The zero-order valence-corrected chi connectivity index (χ0v) is 12.3. The van der Waals surface area contributed by atoms with Crippen molar-refractivity contribution in [3.63, 3.8) is 0 Å². The Bertz CT molecular complexity index is 692. The molecule has 0 unspecified atom stereocenters.